The minimum absolute atomic E-state index is 0.0171. The predicted molar refractivity (Wildman–Crippen MR) is 158 cm³/mol. The molecule has 1 fully saturated rings. The molecule has 3 heterocycles. The van der Waals surface area contributed by atoms with Gasteiger partial charge >= 0.3 is 0 Å². The van der Waals surface area contributed by atoms with Crippen LogP contribution >= 0.6 is 22.9 Å². The van der Waals surface area contributed by atoms with Crippen molar-refractivity contribution < 1.29 is 17.6 Å². The quantitative estimate of drug-likeness (QED) is 0.234. The van der Waals surface area contributed by atoms with Crippen LogP contribution in [0.3, 0.4) is 0 Å². The number of sulfone groups is 1. The zero-order valence-electron chi connectivity index (χ0n) is 21.7. The molecule has 40 heavy (non-hydrogen) atoms. The number of anilines is 1. The number of nitrogens with zero attached hydrogens (tertiary/aromatic N) is 2. The summed E-state index contributed by atoms with van der Waals surface area (Å²) in [6.45, 7) is 4.28. The van der Waals surface area contributed by atoms with E-state index in [-0.39, 0.29) is 21.9 Å². The molecule has 2 aromatic carbocycles. The first-order chi connectivity index (χ1) is 19.2. The zero-order chi connectivity index (χ0) is 28.3. The summed E-state index contributed by atoms with van der Waals surface area (Å²) < 4.78 is 41.6. The Morgan fingerprint density at radius 3 is 2.58 bits per heavy atom. The molecule has 0 amide bonds. The summed E-state index contributed by atoms with van der Waals surface area (Å²) in [5.41, 5.74) is 0.935. The highest BCUT2D eigenvalue weighted by molar-refractivity contribution is 7.94. The number of halogens is 2. The fourth-order valence-corrected chi connectivity index (χ4v) is 7.78. The first kappa shape index (κ1) is 28.5. The topological polar surface area (TPSA) is 88.5 Å². The van der Waals surface area contributed by atoms with Gasteiger partial charge in [-0.3, -0.25) is 14.2 Å². The predicted octanol–water partition coefficient (Wildman–Crippen LogP) is 5.33. The van der Waals surface area contributed by atoms with E-state index in [1.807, 2.05) is 12.1 Å². The first-order valence-electron chi connectivity index (χ1n) is 13.1. The van der Waals surface area contributed by atoms with Crippen molar-refractivity contribution in [1.82, 2.24) is 9.47 Å². The van der Waals surface area contributed by atoms with E-state index in [1.54, 1.807) is 12.1 Å². The molecule has 11 heteroatoms. The maximum absolute atomic E-state index is 15.1. The number of aromatic nitrogens is 1. The normalized spacial score (nSPS) is 14.2. The Labute approximate surface area is 241 Å². The molecule has 0 spiro atoms. The van der Waals surface area contributed by atoms with Gasteiger partial charge in [0.25, 0.3) is 5.56 Å². The van der Waals surface area contributed by atoms with Crippen LogP contribution < -0.4 is 10.9 Å². The zero-order valence-corrected chi connectivity index (χ0v) is 24.1. The van der Waals surface area contributed by atoms with Crippen LogP contribution in [0.5, 0.6) is 0 Å². The Morgan fingerprint density at radius 1 is 1.05 bits per heavy atom. The van der Waals surface area contributed by atoms with Crippen LogP contribution in [0.4, 0.5) is 10.1 Å². The number of carbonyl (C=O) groups excluding carboxylic acids is 1. The lowest BCUT2D eigenvalue weighted by molar-refractivity contribution is -0.116. The SMILES string of the molecule is O=C(Cc1ccc(-n2ccc3cc(NCCCN4CCCC4)ccc3c2=O)c(F)c1)CS(=O)(=O)c1ccc(Cl)s1. The number of thiophene rings is 1. The van der Waals surface area contributed by atoms with E-state index in [0.29, 0.717) is 15.3 Å². The van der Waals surface area contributed by atoms with Gasteiger partial charge in [-0.1, -0.05) is 17.7 Å². The van der Waals surface area contributed by atoms with Crippen molar-refractivity contribution in [3.63, 3.8) is 0 Å². The molecule has 0 saturated carbocycles. The standard InChI is InChI=1S/C29H29ClFN3O4S2/c30-27-8-9-28(39-27)40(37,38)19-23(35)16-20-4-7-26(25(31)17-20)34-15-10-21-18-22(5-6-24(21)29(34)36)32-11-3-14-33-12-1-2-13-33/h4-10,15,17-18,32H,1-3,11-14,16,19H2. The summed E-state index contributed by atoms with van der Waals surface area (Å²) in [5.74, 6) is -1.96. The molecule has 1 saturated heterocycles. The van der Waals surface area contributed by atoms with Crippen molar-refractivity contribution in [3.8, 4) is 5.69 Å². The summed E-state index contributed by atoms with van der Waals surface area (Å²) in [6.07, 6.45) is 4.88. The Morgan fingerprint density at radius 2 is 1.85 bits per heavy atom. The van der Waals surface area contributed by atoms with E-state index in [0.717, 1.165) is 48.0 Å². The minimum Gasteiger partial charge on any atom is -0.385 e. The summed E-state index contributed by atoms with van der Waals surface area (Å²) >= 11 is 6.69. The van der Waals surface area contributed by atoms with E-state index < -0.39 is 27.2 Å². The summed E-state index contributed by atoms with van der Waals surface area (Å²) in [4.78, 5) is 28.1. The molecule has 1 aliphatic rings. The van der Waals surface area contributed by atoms with Crippen LogP contribution in [0.15, 0.2) is 69.8 Å². The fourth-order valence-electron chi connectivity index (χ4n) is 4.97. The van der Waals surface area contributed by atoms with E-state index in [4.69, 9.17) is 11.6 Å². The van der Waals surface area contributed by atoms with Crippen LogP contribution in [0.25, 0.3) is 16.5 Å². The Kier molecular flexibility index (Phi) is 8.70. The number of pyridine rings is 1. The molecule has 0 aliphatic carbocycles. The third-order valence-corrected chi connectivity index (χ3v) is 10.5. The number of hydrogen-bond acceptors (Lipinski definition) is 7. The number of nitrogens with one attached hydrogen (secondary N) is 1. The Bertz CT molecular complexity index is 1710. The molecule has 1 aliphatic heterocycles. The number of rotatable bonds is 11. The van der Waals surface area contributed by atoms with Gasteiger partial charge in [0.1, 0.15) is 15.8 Å². The van der Waals surface area contributed by atoms with Crippen LogP contribution in [0, 0.1) is 5.82 Å². The van der Waals surface area contributed by atoms with Crippen LogP contribution in [0.1, 0.15) is 24.8 Å². The largest absolute Gasteiger partial charge is 0.385 e. The number of ketones is 1. The van der Waals surface area contributed by atoms with E-state index in [1.165, 1.54) is 61.0 Å². The van der Waals surface area contributed by atoms with Crippen LogP contribution in [-0.2, 0) is 21.1 Å². The summed E-state index contributed by atoms with van der Waals surface area (Å²) in [7, 11) is -3.82. The molecule has 0 bridgehead atoms. The minimum atomic E-state index is -3.82. The average molecular weight is 602 g/mol. The van der Waals surface area contributed by atoms with Gasteiger partial charge in [0.05, 0.1) is 10.0 Å². The number of benzene rings is 2. The van der Waals surface area contributed by atoms with Gasteiger partial charge < -0.3 is 10.2 Å². The second-order valence-electron chi connectivity index (χ2n) is 9.94. The molecular weight excluding hydrogens is 573 g/mol. The highest BCUT2D eigenvalue weighted by atomic mass is 35.5. The lowest BCUT2D eigenvalue weighted by Crippen LogP contribution is -2.22. The van der Waals surface area contributed by atoms with E-state index >= 15 is 4.39 Å². The van der Waals surface area contributed by atoms with Crippen LogP contribution in [-0.4, -0.2) is 55.6 Å². The molecule has 1 N–H and O–H groups in total. The maximum Gasteiger partial charge on any atom is 0.263 e. The molecule has 210 valence electrons. The fraction of sp³-hybridized carbons (Fsp3) is 0.310. The Balaban J connectivity index is 1.25. The average Bonchev–Trinajstić information content (AvgIpc) is 3.59. The number of carbonyl (C=O) groups is 1. The van der Waals surface area contributed by atoms with Gasteiger partial charge in [-0.2, -0.15) is 0 Å². The number of fused-ring (bicyclic) bond motifs is 1. The van der Waals surface area contributed by atoms with Crippen LogP contribution in [0.2, 0.25) is 4.34 Å². The van der Waals surface area contributed by atoms with Gasteiger partial charge in [-0.25, -0.2) is 12.8 Å². The van der Waals surface area contributed by atoms with Crippen molar-refractivity contribution >= 4 is 55.0 Å². The van der Waals surface area contributed by atoms with Gasteiger partial charge in [-0.05, 0) is 98.4 Å². The van der Waals surface area contributed by atoms with E-state index in [2.05, 4.69) is 10.2 Å². The lowest BCUT2D eigenvalue weighted by atomic mass is 10.1. The number of hydrogen-bond donors (Lipinski definition) is 1. The monoisotopic (exact) mass is 601 g/mol. The number of Topliss-reactive ketones (excluding diaryl/α,β-unsaturated/α-hetero) is 1. The highest BCUT2D eigenvalue weighted by Gasteiger charge is 2.22. The maximum atomic E-state index is 15.1. The molecule has 5 rings (SSSR count). The van der Waals surface area contributed by atoms with Gasteiger partial charge in [0.2, 0.25) is 0 Å². The second kappa shape index (κ2) is 12.2. The van der Waals surface area contributed by atoms with Crippen molar-refractivity contribution in [3.05, 3.63) is 86.9 Å². The van der Waals surface area contributed by atoms with Gasteiger partial charge in [0.15, 0.2) is 15.6 Å². The third-order valence-electron chi connectivity index (χ3n) is 6.96. The third kappa shape index (κ3) is 6.63. The Hall–Kier alpha value is -3.05. The molecular formula is C29H29ClFN3O4S2. The molecule has 7 nitrogen and oxygen atoms in total. The lowest BCUT2D eigenvalue weighted by Gasteiger charge is -2.15. The van der Waals surface area contributed by atoms with Gasteiger partial charge in [0, 0.05) is 30.2 Å². The van der Waals surface area contributed by atoms with Crippen molar-refractivity contribution in [2.75, 3.05) is 37.2 Å². The molecule has 0 unspecified atom stereocenters. The molecule has 2 aromatic heterocycles. The van der Waals surface area contributed by atoms with Crippen molar-refractivity contribution in [1.29, 1.82) is 0 Å². The number of likely N-dealkylation sites (tertiary alicyclic amines) is 1. The van der Waals surface area contributed by atoms with E-state index in [9.17, 15) is 18.0 Å². The molecule has 4 aromatic rings. The molecule has 0 atom stereocenters. The summed E-state index contributed by atoms with van der Waals surface area (Å²) in [6, 6.07) is 14.2. The summed E-state index contributed by atoms with van der Waals surface area (Å²) in [5, 5.41) is 4.63. The van der Waals surface area contributed by atoms with Crippen molar-refractivity contribution in [2.24, 2.45) is 0 Å². The van der Waals surface area contributed by atoms with Crippen molar-refractivity contribution in [2.45, 2.75) is 29.9 Å². The first-order valence-corrected chi connectivity index (χ1v) is 15.9. The van der Waals surface area contributed by atoms with Gasteiger partial charge in [-0.15, -0.1) is 11.3 Å². The smallest absolute Gasteiger partial charge is 0.263 e. The second-order valence-corrected chi connectivity index (χ2v) is 13.9. The highest BCUT2D eigenvalue weighted by Crippen LogP contribution is 2.27. The molecule has 0 radical (unpaired) electrons.